The molecular formula is C21H30N2O2. The lowest BCUT2D eigenvalue weighted by atomic mass is 9.90. The van der Waals surface area contributed by atoms with Gasteiger partial charge in [-0.05, 0) is 83.1 Å². The number of carbonyl (C=O) groups excluding carboxylic acids is 2. The van der Waals surface area contributed by atoms with Gasteiger partial charge in [0.25, 0.3) is 0 Å². The molecule has 2 amide bonds. The highest BCUT2D eigenvalue weighted by atomic mass is 16.2. The van der Waals surface area contributed by atoms with Crippen molar-refractivity contribution in [2.45, 2.75) is 59.8 Å². The molecule has 2 N–H and O–H groups in total. The molecule has 0 aliphatic heterocycles. The molecule has 0 saturated heterocycles. The Bertz CT molecular complexity index is 654. The van der Waals surface area contributed by atoms with Crippen LogP contribution in [0.2, 0.25) is 0 Å². The minimum absolute atomic E-state index is 0.231. The smallest absolute Gasteiger partial charge is 0.239 e. The maximum atomic E-state index is 12.6. The van der Waals surface area contributed by atoms with E-state index in [9.17, 15) is 9.59 Å². The van der Waals surface area contributed by atoms with Gasteiger partial charge in [-0.3, -0.25) is 9.59 Å². The summed E-state index contributed by atoms with van der Waals surface area (Å²) < 4.78 is 0. The van der Waals surface area contributed by atoms with Crippen LogP contribution in [0.4, 0.5) is 5.69 Å². The Morgan fingerprint density at radius 1 is 1.04 bits per heavy atom. The second-order valence-corrected chi connectivity index (χ2v) is 7.57. The normalized spacial score (nSPS) is 14.6. The third-order valence-electron chi connectivity index (χ3n) is 4.73. The van der Waals surface area contributed by atoms with Gasteiger partial charge in [0.15, 0.2) is 0 Å². The molecular weight excluding hydrogens is 312 g/mol. The molecule has 0 atom stereocenters. The van der Waals surface area contributed by atoms with Crippen LogP contribution in [-0.2, 0) is 9.59 Å². The van der Waals surface area contributed by atoms with Crippen LogP contribution in [0.15, 0.2) is 29.8 Å². The maximum Gasteiger partial charge on any atom is 0.239 e. The van der Waals surface area contributed by atoms with E-state index in [0.29, 0.717) is 6.54 Å². The topological polar surface area (TPSA) is 58.2 Å². The summed E-state index contributed by atoms with van der Waals surface area (Å²) >= 11 is 0. The van der Waals surface area contributed by atoms with E-state index >= 15 is 0 Å². The quantitative estimate of drug-likeness (QED) is 0.599. The highest BCUT2D eigenvalue weighted by Crippen LogP contribution is 2.22. The number of amides is 2. The predicted octanol–water partition coefficient (Wildman–Crippen LogP) is 4.27. The van der Waals surface area contributed by atoms with E-state index in [1.165, 1.54) is 18.4 Å². The summed E-state index contributed by atoms with van der Waals surface area (Å²) in [6.07, 6.45) is 7.94. The lowest BCUT2D eigenvalue weighted by Crippen LogP contribution is -2.45. The zero-order chi connectivity index (χ0) is 18.4. The van der Waals surface area contributed by atoms with Crippen molar-refractivity contribution in [2.75, 3.05) is 11.9 Å². The third-order valence-corrected chi connectivity index (χ3v) is 4.73. The first-order valence-electron chi connectivity index (χ1n) is 9.15. The maximum absolute atomic E-state index is 12.6. The van der Waals surface area contributed by atoms with Crippen LogP contribution in [0.25, 0.3) is 0 Å². The van der Waals surface area contributed by atoms with E-state index in [2.05, 4.69) is 16.7 Å². The summed E-state index contributed by atoms with van der Waals surface area (Å²) in [6.45, 7) is 7.90. The lowest BCUT2D eigenvalue weighted by Gasteiger charge is -2.23. The monoisotopic (exact) mass is 342 g/mol. The summed E-state index contributed by atoms with van der Waals surface area (Å²) in [7, 11) is 0. The van der Waals surface area contributed by atoms with Gasteiger partial charge in [-0.1, -0.05) is 17.7 Å². The van der Waals surface area contributed by atoms with E-state index in [4.69, 9.17) is 0 Å². The number of rotatable bonds is 6. The standard InChI is InChI=1S/C21H30N2O2/c1-15-12-16(2)14-18(13-15)23-20(25)21(3,4)19(24)22-11-10-17-8-6-5-7-9-17/h8,12-14H,5-7,9-11H2,1-4H3,(H,22,24)(H,23,25). The van der Waals surface area contributed by atoms with Crippen molar-refractivity contribution < 1.29 is 9.59 Å². The Hall–Kier alpha value is -2.10. The van der Waals surface area contributed by atoms with Crippen molar-refractivity contribution in [2.24, 2.45) is 5.41 Å². The van der Waals surface area contributed by atoms with Gasteiger partial charge in [0, 0.05) is 12.2 Å². The second-order valence-electron chi connectivity index (χ2n) is 7.57. The number of allylic oxidation sites excluding steroid dienone is 1. The molecule has 4 heteroatoms. The van der Waals surface area contributed by atoms with Gasteiger partial charge in [0.05, 0.1) is 0 Å². The van der Waals surface area contributed by atoms with Crippen molar-refractivity contribution in [3.8, 4) is 0 Å². The second kappa shape index (κ2) is 8.32. The largest absolute Gasteiger partial charge is 0.355 e. The molecule has 0 radical (unpaired) electrons. The first-order valence-corrected chi connectivity index (χ1v) is 9.15. The summed E-state index contributed by atoms with van der Waals surface area (Å²) in [5.74, 6) is -0.516. The molecule has 0 bridgehead atoms. The number of aryl methyl sites for hydroxylation is 2. The Kier molecular flexibility index (Phi) is 6.40. The molecule has 2 rings (SSSR count). The van der Waals surface area contributed by atoms with Gasteiger partial charge in [-0.2, -0.15) is 0 Å². The average molecular weight is 342 g/mol. The van der Waals surface area contributed by atoms with Crippen molar-refractivity contribution in [3.05, 3.63) is 41.0 Å². The van der Waals surface area contributed by atoms with E-state index in [0.717, 1.165) is 36.1 Å². The van der Waals surface area contributed by atoms with Crippen molar-refractivity contribution in [3.63, 3.8) is 0 Å². The van der Waals surface area contributed by atoms with Gasteiger partial charge in [-0.15, -0.1) is 0 Å². The molecule has 0 heterocycles. The van der Waals surface area contributed by atoms with Crippen LogP contribution < -0.4 is 10.6 Å². The van der Waals surface area contributed by atoms with Gasteiger partial charge >= 0.3 is 0 Å². The minimum atomic E-state index is -1.11. The molecule has 0 fully saturated rings. The van der Waals surface area contributed by atoms with E-state index in [-0.39, 0.29) is 11.8 Å². The highest BCUT2D eigenvalue weighted by Gasteiger charge is 2.35. The fourth-order valence-electron chi connectivity index (χ4n) is 3.13. The van der Waals surface area contributed by atoms with E-state index < -0.39 is 5.41 Å². The van der Waals surface area contributed by atoms with Crippen LogP contribution >= 0.6 is 0 Å². The molecule has 1 aliphatic carbocycles. The molecule has 1 aliphatic rings. The Morgan fingerprint density at radius 3 is 2.32 bits per heavy atom. The number of nitrogens with one attached hydrogen (secondary N) is 2. The third kappa shape index (κ3) is 5.45. The Labute approximate surface area is 151 Å². The molecule has 1 aromatic carbocycles. The van der Waals surface area contributed by atoms with Crippen molar-refractivity contribution in [1.29, 1.82) is 0 Å². The van der Waals surface area contributed by atoms with Gasteiger partial charge < -0.3 is 10.6 Å². The van der Waals surface area contributed by atoms with Crippen molar-refractivity contribution in [1.82, 2.24) is 5.32 Å². The predicted molar refractivity (Wildman–Crippen MR) is 103 cm³/mol. The molecule has 0 aromatic heterocycles. The number of hydrogen-bond acceptors (Lipinski definition) is 2. The average Bonchev–Trinajstić information content (AvgIpc) is 2.54. The molecule has 0 spiro atoms. The van der Waals surface area contributed by atoms with Gasteiger partial charge in [0.1, 0.15) is 5.41 Å². The van der Waals surface area contributed by atoms with Crippen molar-refractivity contribution >= 4 is 17.5 Å². The SMILES string of the molecule is Cc1cc(C)cc(NC(=O)C(C)(C)C(=O)NCCC2=CCCCC2)c1. The van der Waals surface area contributed by atoms with Crippen LogP contribution in [0, 0.1) is 19.3 Å². The Morgan fingerprint density at radius 2 is 1.72 bits per heavy atom. The fraction of sp³-hybridized carbons (Fsp3) is 0.524. The number of hydrogen-bond donors (Lipinski definition) is 2. The number of anilines is 1. The zero-order valence-corrected chi connectivity index (χ0v) is 15.9. The molecule has 4 nitrogen and oxygen atoms in total. The van der Waals surface area contributed by atoms with E-state index in [1.54, 1.807) is 13.8 Å². The van der Waals surface area contributed by atoms with Crippen LogP contribution in [0.1, 0.15) is 57.1 Å². The van der Waals surface area contributed by atoms with Crippen LogP contribution in [0.3, 0.4) is 0 Å². The molecule has 136 valence electrons. The summed E-state index contributed by atoms with van der Waals surface area (Å²) in [4.78, 5) is 25.1. The lowest BCUT2D eigenvalue weighted by molar-refractivity contribution is -0.138. The molecule has 1 aromatic rings. The minimum Gasteiger partial charge on any atom is -0.355 e. The van der Waals surface area contributed by atoms with E-state index in [1.807, 2.05) is 32.0 Å². The first-order chi connectivity index (χ1) is 11.8. The summed E-state index contributed by atoms with van der Waals surface area (Å²) in [5.41, 5.74) is 3.20. The molecule has 25 heavy (non-hydrogen) atoms. The molecule has 0 saturated carbocycles. The Balaban J connectivity index is 1.90. The zero-order valence-electron chi connectivity index (χ0n) is 15.9. The van der Waals surface area contributed by atoms with Gasteiger partial charge in [0.2, 0.25) is 11.8 Å². The van der Waals surface area contributed by atoms with Crippen LogP contribution in [-0.4, -0.2) is 18.4 Å². The summed E-state index contributed by atoms with van der Waals surface area (Å²) in [6, 6.07) is 5.87. The number of carbonyl (C=O) groups is 2. The number of benzene rings is 1. The fourth-order valence-corrected chi connectivity index (χ4v) is 3.13. The van der Waals surface area contributed by atoms with Gasteiger partial charge in [-0.25, -0.2) is 0 Å². The summed E-state index contributed by atoms with van der Waals surface area (Å²) in [5, 5.41) is 5.79. The molecule has 0 unspecified atom stereocenters. The van der Waals surface area contributed by atoms with Crippen LogP contribution in [0.5, 0.6) is 0 Å². The highest BCUT2D eigenvalue weighted by molar-refractivity contribution is 6.09. The first kappa shape index (κ1) is 19.2.